The summed E-state index contributed by atoms with van der Waals surface area (Å²) in [4.78, 5) is 0. The average Bonchev–Trinajstić information content (AvgIpc) is 2.79. The van der Waals surface area contributed by atoms with Gasteiger partial charge in [-0.15, -0.1) is 9.24 Å². The molecule has 5 fully saturated rings. The summed E-state index contributed by atoms with van der Waals surface area (Å²) in [5.41, 5.74) is -0.302. The van der Waals surface area contributed by atoms with Gasteiger partial charge in [-0.1, -0.05) is 26.7 Å². The second-order valence-corrected chi connectivity index (χ2v) is 9.51. The lowest BCUT2D eigenvalue weighted by Crippen LogP contribution is -2.83. The van der Waals surface area contributed by atoms with Crippen molar-refractivity contribution in [3.63, 3.8) is 0 Å². The van der Waals surface area contributed by atoms with Gasteiger partial charge in [0.2, 0.25) is 0 Å². The van der Waals surface area contributed by atoms with E-state index in [2.05, 4.69) is 43.9 Å². The largest absolute Gasteiger partial charge is 0.343 e. The molecule has 1 aliphatic carbocycles. The molecule has 8 atom stereocenters. The Bertz CT molecular complexity index is 489. The summed E-state index contributed by atoms with van der Waals surface area (Å²) in [6, 6.07) is 0. The van der Waals surface area contributed by atoms with Crippen LogP contribution in [0.2, 0.25) is 0 Å². The van der Waals surface area contributed by atoms with Crippen molar-refractivity contribution in [2.24, 2.45) is 17.3 Å². The molecular formula is C18H31O3P. The van der Waals surface area contributed by atoms with Crippen molar-refractivity contribution in [3.05, 3.63) is 0 Å². The molecule has 8 unspecified atom stereocenters. The topological polar surface area (TPSA) is 27.7 Å². The number of hydrogen-bond acceptors (Lipinski definition) is 3. The molecule has 0 amide bonds. The highest BCUT2D eigenvalue weighted by molar-refractivity contribution is 7.16. The van der Waals surface area contributed by atoms with Gasteiger partial charge in [0.15, 0.2) is 11.6 Å². The van der Waals surface area contributed by atoms with Crippen LogP contribution in [0.4, 0.5) is 0 Å². The van der Waals surface area contributed by atoms with Gasteiger partial charge in [0, 0.05) is 18.3 Å². The molecule has 126 valence electrons. The van der Waals surface area contributed by atoms with Crippen molar-refractivity contribution in [1.82, 2.24) is 0 Å². The van der Waals surface area contributed by atoms with E-state index < -0.39 is 11.6 Å². The third-order valence-electron chi connectivity index (χ3n) is 7.48. The summed E-state index contributed by atoms with van der Waals surface area (Å²) < 4.78 is 19.7. The van der Waals surface area contributed by atoms with Crippen LogP contribution in [0.3, 0.4) is 0 Å². The van der Waals surface area contributed by atoms with Crippen LogP contribution in [0, 0.1) is 17.3 Å². The Labute approximate surface area is 137 Å². The highest BCUT2D eigenvalue weighted by Crippen LogP contribution is 2.71. The Morgan fingerprint density at radius 3 is 2.18 bits per heavy atom. The van der Waals surface area contributed by atoms with Gasteiger partial charge in [-0.2, -0.15) is 0 Å². The zero-order valence-corrected chi connectivity index (χ0v) is 15.9. The molecular weight excluding hydrogens is 295 g/mol. The molecule has 0 spiro atoms. The zero-order chi connectivity index (χ0) is 16.0. The van der Waals surface area contributed by atoms with Crippen LogP contribution < -0.4 is 0 Å². The first kappa shape index (κ1) is 15.8. The van der Waals surface area contributed by atoms with E-state index >= 15 is 0 Å². The van der Waals surface area contributed by atoms with Gasteiger partial charge in [-0.3, -0.25) is 0 Å². The van der Waals surface area contributed by atoms with Crippen LogP contribution in [0.15, 0.2) is 0 Å². The summed E-state index contributed by atoms with van der Waals surface area (Å²) in [6.07, 6.45) is 6.64. The molecule has 4 bridgehead atoms. The van der Waals surface area contributed by atoms with E-state index in [9.17, 15) is 0 Å². The Morgan fingerprint density at radius 2 is 1.64 bits per heavy atom. The number of ether oxygens (including phenoxy) is 3. The molecule has 4 aliphatic heterocycles. The predicted octanol–water partition coefficient (Wildman–Crippen LogP) is 4.10. The second-order valence-electron chi connectivity index (χ2n) is 9.10. The van der Waals surface area contributed by atoms with Gasteiger partial charge >= 0.3 is 0 Å². The van der Waals surface area contributed by atoms with Crippen LogP contribution in [0.5, 0.6) is 0 Å². The Hall–Kier alpha value is 0.310. The predicted molar refractivity (Wildman–Crippen MR) is 89.6 cm³/mol. The van der Waals surface area contributed by atoms with Crippen molar-refractivity contribution in [2.45, 2.75) is 89.5 Å². The van der Waals surface area contributed by atoms with Crippen LogP contribution in [-0.2, 0) is 14.2 Å². The van der Waals surface area contributed by atoms with Crippen LogP contribution in [0.25, 0.3) is 0 Å². The summed E-state index contributed by atoms with van der Waals surface area (Å²) in [7, 11) is 2.99. The van der Waals surface area contributed by atoms with E-state index in [1.165, 1.54) is 19.3 Å². The molecule has 1 saturated carbocycles. The first-order valence-electron chi connectivity index (χ1n) is 8.92. The van der Waals surface area contributed by atoms with Gasteiger partial charge in [0.1, 0.15) is 0 Å². The molecule has 0 aromatic rings. The first-order valence-corrected chi connectivity index (χ1v) is 9.73. The fourth-order valence-electron chi connectivity index (χ4n) is 6.57. The molecule has 5 aliphatic rings. The fraction of sp³-hybridized carbons (Fsp3) is 1.00. The monoisotopic (exact) mass is 326 g/mol. The second kappa shape index (κ2) is 4.28. The summed E-state index contributed by atoms with van der Waals surface area (Å²) in [5.74, 6) is 0.343. The zero-order valence-electron chi connectivity index (χ0n) is 14.7. The van der Waals surface area contributed by atoms with E-state index in [-0.39, 0.29) is 16.6 Å². The molecule has 4 saturated heterocycles. The Kier molecular flexibility index (Phi) is 3.08. The molecule has 0 aromatic heterocycles. The highest BCUT2D eigenvalue weighted by atomic mass is 31.0. The fourth-order valence-corrected chi connectivity index (χ4v) is 7.35. The Balaban J connectivity index is 1.90. The van der Waals surface area contributed by atoms with Gasteiger partial charge in [-0.05, 0) is 45.2 Å². The summed E-state index contributed by atoms with van der Waals surface area (Å²) >= 11 is 0. The number of hydrogen-bond donors (Lipinski definition) is 0. The van der Waals surface area contributed by atoms with Gasteiger partial charge in [0.05, 0.1) is 11.2 Å². The standard InChI is InChI=1S/C18H31O3P/c1-12-7-6-8-13(12)18-10-17(5)19-15(3,14(18,2)11-22)9-16(4,20-17)21-18/h12-13H,6-11,22H2,1-5H3. The number of rotatable bonds is 2. The lowest BCUT2D eigenvalue weighted by Gasteiger charge is -2.76. The molecule has 22 heavy (non-hydrogen) atoms. The molecule has 4 heteroatoms. The lowest BCUT2D eigenvalue weighted by atomic mass is 9.50. The van der Waals surface area contributed by atoms with E-state index in [1.807, 2.05) is 0 Å². The smallest absolute Gasteiger partial charge is 0.172 e. The SMILES string of the molecule is CC1CCCC1C12CC3(C)OC(C)(CC(C)(O3)C1(C)CP)O2. The van der Waals surface area contributed by atoms with Crippen molar-refractivity contribution in [1.29, 1.82) is 0 Å². The third-order valence-corrected chi connectivity index (χ3v) is 8.30. The van der Waals surface area contributed by atoms with E-state index in [4.69, 9.17) is 14.2 Å². The van der Waals surface area contributed by atoms with Crippen molar-refractivity contribution < 1.29 is 14.2 Å². The third kappa shape index (κ3) is 1.67. The van der Waals surface area contributed by atoms with E-state index in [1.54, 1.807) is 0 Å². The molecule has 4 heterocycles. The first-order chi connectivity index (χ1) is 10.1. The van der Waals surface area contributed by atoms with Gasteiger partial charge < -0.3 is 14.2 Å². The average molecular weight is 326 g/mol. The van der Waals surface area contributed by atoms with Crippen molar-refractivity contribution in [2.75, 3.05) is 6.16 Å². The summed E-state index contributed by atoms with van der Waals surface area (Å²) in [5, 5.41) is 0. The minimum atomic E-state index is -0.498. The maximum Gasteiger partial charge on any atom is 0.172 e. The molecule has 0 radical (unpaired) electrons. The highest BCUT2D eigenvalue weighted by Gasteiger charge is 2.78. The Morgan fingerprint density at radius 1 is 0.955 bits per heavy atom. The summed E-state index contributed by atoms with van der Waals surface area (Å²) in [6.45, 7) is 11.4. The van der Waals surface area contributed by atoms with Gasteiger partial charge in [0.25, 0.3) is 0 Å². The molecule has 5 rings (SSSR count). The molecule has 0 N–H and O–H groups in total. The normalized spacial score (nSPS) is 63.5. The lowest BCUT2D eigenvalue weighted by molar-refractivity contribution is -0.551. The minimum absolute atomic E-state index is 0.0106. The quantitative estimate of drug-likeness (QED) is 0.715. The molecule has 0 aromatic carbocycles. The van der Waals surface area contributed by atoms with Crippen molar-refractivity contribution >= 4 is 9.24 Å². The van der Waals surface area contributed by atoms with E-state index in [0.717, 1.165) is 24.9 Å². The minimum Gasteiger partial charge on any atom is -0.343 e. The van der Waals surface area contributed by atoms with Gasteiger partial charge in [-0.25, -0.2) is 0 Å². The van der Waals surface area contributed by atoms with Crippen LogP contribution >= 0.6 is 9.24 Å². The van der Waals surface area contributed by atoms with Crippen LogP contribution in [-0.4, -0.2) is 28.9 Å². The maximum absolute atomic E-state index is 6.87. The van der Waals surface area contributed by atoms with E-state index in [0.29, 0.717) is 5.92 Å². The molecule has 3 nitrogen and oxygen atoms in total. The van der Waals surface area contributed by atoms with Crippen molar-refractivity contribution in [3.8, 4) is 0 Å². The maximum atomic E-state index is 6.87. The van der Waals surface area contributed by atoms with Crippen LogP contribution in [0.1, 0.15) is 66.7 Å².